The highest BCUT2D eigenvalue weighted by atomic mass is 19.1. The summed E-state index contributed by atoms with van der Waals surface area (Å²) in [4.78, 5) is 13.7. The van der Waals surface area contributed by atoms with Crippen molar-refractivity contribution >= 4 is 12.0 Å². The standard InChI is InChI=1S/C19H24FN3O2/c1-13(24)11-12-22(4)19(25)10-9-18-14(2)21-23(15(18)3)17-7-5-16(20)6-8-17/h5-10,13,24H,11-12H2,1-4H3/b10-9+. The Morgan fingerprint density at radius 3 is 2.60 bits per heavy atom. The van der Waals surface area contributed by atoms with Crippen LogP contribution in [-0.4, -0.2) is 45.4 Å². The van der Waals surface area contributed by atoms with Gasteiger partial charge >= 0.3 is 0 Å². The summed E-state index contributed by atoms with van der Waals surface area (Å²) in [6.07, 6.45) is 3.36. The van der Waals surface area contributed by atoms with Crippen LogP contribution in [0.2, 0.25) is 0 Å². The first kappa shape index (κ1) is 18.9. The number of aliphatic hydroxyl groups is 1. The average Bonchev–Trinajstić information content (AvgIpc) is 2.85. The molecule has 0 aliphatic carbocycles. The number of aryl methyl sites for hydroxylation is 1. The number of aliphatic hydroxyl groups excluding tert-OH is 1. The van der Waals surface area contributed by atoms with Crippen LogP contribution in [-0.2, 0) is 4.79 Å². The number of rotatable bonds is 6. The maximum atomic E-state index is 13.1. The molecule has 1 atom stereocenters. The molecule has 1 amide bonds. The molecule has 0 aliphatic heterocycles. The third-order valence-corrected chi connectivity index (χ3v) is 4.07. The number of carbonyl (C=O) groups is 1. The van der Waals surface area contributed by atoms with Crippen LogP contribution >= 0.6 is 0 Å². The predicted octanol–water partition coefficient (Wildman–Crippen LogP) is 2.87. The molecule has 2 rings (SSSR count). The van der Waals surface area contributed by atoms with Crippen LogP contribution in [0.4, 0.5) is 4.39 Å². The van der Waals surface area contributed by atoms with Crippen molar-refractivity contribution in [3.8, 4) is 5.69 Å². The zero-order chi connectivity index (χ0) is 18.6. The van der Waals surface area contributed by atoms with Gasteiger partial charge in [-0.3, -0.25) is 4.79 Å². The number of benzene rings is 1. The fourth-order valence-electron chi connectivity index (χ4n) is 2.50. The molecule has 2 aromatic rings. The number of aromatic nitrogens is 2. The summed E-state index contributed by atoms with van der Waals surface area (Å²) in [6, 6.07) is 6.11. The van der Waals surface area contributed by atoms with Crippen LogP contribution in [0.25, 0.3) is 11.8 Å². The zero-order valence-corrected chi connectivity index (χ0v) is 15.0. The van der Waals surface area contributed by atoms with E-state index < -0.39 is 6.10 Å². The molecule has 134 valence electrons. The normalized spacial score (nSPS) is 12.6. The van der Waals surface area contributed by atoms with E-state index in [1.165, 1.54) is 18.2 Å². The maximum Gasteiger partial charge on any atom is 0.246 e. The Labute approximate surface area is 147 Å². The smallest absolute Gasteiger partial charge is 0.246 e. The van der Waals surface area contributed by atoms with E-state index in [-0.39, 0.29) is 11.7 Å². The number of nitrogens with zero attached hydrogens (tertiary/aromatic N) is 3. The number of carbonyl (C=O) groups excluding carboxylic acids is 1. The Morgan fingerprint density at radius 2 is 2.00 bits per heavy atom. The van der Waals surface area contributed by atoms with E-state index in [0.29, 0.717) is 13.0 Å². The van der Waals surface area contributed by atoms with E-state index in [0.717, 1.165) is 22.6 Å². The van der Waals surface area contributed by atoms with Gasteiger partial charge in [-0.15, -0.1) is 0 Å². The summed E-state index contributed by atoms with van der Waals surface area (Å²) in [5.41, 5.74) is 3.29. The Balaban J connectivity index is 2.17. The van der Waals surface area contributed by atoms with E-state index in [2.05, 4.69) is 5.10 Å². The van der Waals surface area contributed by atoms with Crippen LogP contribution in [0.1, 0.15) is 30.3 Å². The third kappa shape index (κ3) is 4.76. The monoisotopic (exact) mass is 345 g/mol. The fraction of sp³-hybridized carbons (Fsp3) is 0.368. The van der Waals surface area contributed by atoms with Gasteiger partial charge < -0.3 is 10.0 Å². The van der Waals surface area contributed by atoms with Crippen LogP contribution in [0, 0.1) is 19.7 Å². The highest BCUT2D eigenvalue weighted by Gasteiger charge is 2.12. The highest BCUT2D eigenvalue weighted by Crippen LogP contribution is 2.19. The largest absolute Gasteiger partial charge is 0.393 e. The molecule has 1 N–H and O–H groups in total. The second-order valence-corrected chi connectivity index (χ2v) is 6.20. The van der Waals surface area contributed by atoms with E-state index >= 15 is 0 Å². The van der Waals surface area contributed by atoms with Crippen LogP contribution < -0.4 is 0 Å². The minimum atomic E-state index is -0.433. The van der Waals surface area contributed by atoms with E-state index in [1.54, 1.807) is 41.8 Å². The van der Waals surface area contributed by atoms with Crippen molar-refractivity contribution in [1.29, 1.82) is 0 Å². The lowest BCUT2D eigenvalue weighted by Gasteiger charge is -2.15. The molecule has 0 saturated carbocycles. The second-order valence-electron chi connectivity index (χ2n) is 6.20. The molecule has 0 fully saturated rings. The van der Waals surface area contributed by atoms with E-state index in [9.17, 15) is 14.3 Å². The van der Waals surface area contributed by atoms with Crippen molar-refractivity contribution < 1.29 is 14.3 Å². The average molecular weight is 345 g/mol. The number of halogens is 1. The van der Waals surface area contributed by atoms with Gasteiger partial charge in [-0.1, -0.05) is 0 Å². The van der Waals surface area contributed by atoms with Gasteiger partial charge in [0.15, 0.2) is 0 Å². The van der Waals surface area contributed by atoms with Gasteiger partial charge in [0.25, 0.3) is 0 Å². The summed E-state index contributed by atoms with van der Waals surface area (Å²) in [5.74, 6) is -0.426. The lowest BCUT2D eigenvalue weighted by molar-refractivity contribution is -0.124. The number of hydrogen-bond acceptors (Lipinski definition) is 3. The number of amides is 1. The summed E-state index contributed by atoms with van der Waals surface area (Å²) in [7, 11) is 1.71. The van der Waals surface area contributed by atoms with Crippen LogP contribution in [0.3, 0.4) is 0 Å². The van der Waals surface area contributed by atoms with Crippen molar-refractivity contribution in [1.82, 2.24) is 14.7 Å². The van der Waals surface area contributed by atoms with Gasteiger partial charge in [0, 0.05) is 30.9 Å². The van der Waals surface area contributed by atoms with Gasteiger partial charge in [-0.2, -0.15) is 5.10 Å². The molecule has 1 unspecified atom stereocenters. The topological polar surface area (TPSA) is 58.4 Å². The number of hydrogen-bond donors (Lipinski definition) is 1. The van der Waals surface area contributed by atoms with Crippen molar-refractivity contribution in [2.75, 3.05) is 13.6 Å². The molecule has 25 heavy (non-hydrogen) atoms. The first-order valence-electron chi connectivity index (χ1n) is 8.23. The van der Waals surface area contributed by atoms with Crippen LogP contribution in [0.5, 0.6) is 0 Å². The predicted molar refractivity (Wildman–Crippen MR) is 96.0 cm³/mol. The minimum Gasteiger partial charge on any atom is -0.393 e. The maximum absolute atomic E-state index is 13.1. The fourth-order valence-corrected chi connectivity index (χ4v) is 2.50. The van der Waals surface area contributed by atoms with Crippen molar-refractivity contribution in [3.05, 3.63) is 53.1 Å². The molecule has 0 radical (unpaired) electrons. The summed E-state index contributed by atoms with van der Waals surface area (Å²) >= 11 is 0. The van der Waals surface area contributed by atoms with E-state index in [4.69, 9.17) is 0 Å². The Morgan fingerprint density at radius 1 is 1.36 bits per heavy atom. The Kier molecular flexibility index (Phi) is 6.09. The lowest BCUT2D eigenvalue weighted by Crippen LogP contribution is -2.27. The van der Waals surface area contributed by atoms with Gasteiger partial charge in [0.05, 0.1) is 17.5 Å². The Hall–Kier alpha value is -2.47. The molecule has 5 nitrogen and oxygen atoms in total. The third-order valence-electron chi connectivity index (χ3n) is 4.07. The summed E-state index contributed by atoms with van der Waals surface area (Å²) in [5, 5.41) is 13.8. The zero-order valence-electron chi connectivity index (χ0n) is 15.0. The van der Waals surface area contributed by atoms with Gasteiger partial charge in [-0.25, -0.2) is 9.07 Å². The molecule has 1 aromatic heterocycles. The molecule has 6 heteroatoms. The molecule has 0 saturated heterocycles. The minimum absolute atomic E-state index is 0.131. The molecule has 0 aliphatic rings. The van der Waals surface area contributed by atoms with Gasteiger partial charge in [0.2, 0.25) is 5.91 Å². The number of likely N-dealkylation sites (N-methyl/N-ethyl adjacent to an activating group) is 1. The van der Waals surface area contributed by atoms with Gasteiger partial charge in [-0.05, 0) is 57.5 Å². The molecular formula is C19H24FN3O2. The first-order chi connectivity index (χ1) is 11.8. The molecule has 0 spiro atoms. The SMILES string of the molecule is Cc1nn(-c2ccc(F)cc2)c(C)c1/C=C/C(=O)N(C)CCC(C)O. The van der Waals surface area contributed by atoms with Gasteiger partial charge in [0.1, 0.15) is 5.82 Å². The highest BCUT2D eigenvalue weighted by molar-refractivity contribution is 5.91. The van der Waals surface area contributed by atoms with Crippen molar-refractivity contribution in [2.45, 2.75) is 33.3 Å². The summed E-state index contributed by atoms with van der Waals surface area (Å²) < 4.78 is 14.8. The van der Waals surface area contributed by atoms with E-state index in [1.807, 2.05) is 13.8 Å². The molecule has 1 aromatic carbocycles. The molecule has 0 bridgehead atoms. The second kappa shape index (κ2) is 8.07. The molecular weight excluding hydrogens is 321 g/mol. The molecule has 1 heterocycles. The summed E-state index contributed by atoms with van der Waals surface area (Å²) in [6.45, 7) is 5.97. The lowest BCUT2D eigenvalue weighted by atomic mass is 10.1. The van der Waals surface area contributed by atoms with Crippen molar-refractivity contribution in [3.63, 3.8) is 0 Å². The Bertz CT molecular complexity index is 764. The first-order valence-corrected chi connectivity index (χ1v) is 8.23. The van der Waals surface area contributed by atoms with Crippen molar-refractivity contribution in [2.24, 2.45) is 0 Å². The quantitative estimate of drug-likeness (QED) is 0.819. The van der Waals surface area contributed by atoms with Crippen LogP contribution in [0.15, 0.2) is 30.3 Å².